The first-order valence-corrected chi connectivity index (χ1v) is 11.0. The summed E-state index contributed by atoms with van der Waals surface area (Å²) >= 11 is 7.22. The highest BCUT2D eigenvalue weighted by molar-refractivity contribution is 7.99. The maximum absolute atomic E-state index is 12.8. The molecule has 1 aromatic heterocycles. The van der Waals surface area contributed by atoms with Crippen molar-refractivity contribution in [1.82, 2.24) is 9.55 Å². The van der Waals surface area contributed by atoms with E-state index in [0.29, 0.717) is 51.5 Å². The van der Waals surface area contributed by atoms with Gasteiger partial charge in [0.15, 0.2) is 16.7 Å². The van der Waals surface area contributed by atoms with Crippen LogP contribution in [0.1, 0.15) is 6.42 Å². The van der Waals surface area contributed by atoms with Gasteiger partial charge in [0.2, 0.25) is 5.91 Å². The summed E-state index contributed by atoms with van der Waals surface area (Å²) in [6, 6.07) is 10.2. The fourth-order valence-corrected chi connectivity index (χ4v) is 4.12. The summed E-state index contributed by atoms with van der Waals surface area (Å²) in [5, 5.41) is 4.22. The Balaban J connectivity index is 1.51. The Kier molecular flexibility index (Phi) is 6.48. The average molecular weight is 458 g/mol. The number of thioether (sulfide) groups is 1. The summed E-state index contributed by atoms with van der Waals surface area (Å²) in [4.78, 5) is 29.9. The Morgan fingerprint density at radius 3 is 2.84 bits per heavy atom. The molecule has 0 saturated heterocycles. The molecule has 2 heterocycles. The molecular formula is C22H20ClN3O4S. The summed E-state index contributed by atoms with van der Waals surface area (Å²) in [5.74, 6) is 1.11. The molecule has 0 spiro atoms. The molecule has 0 radical (unpaired) electrons. The van der Waals surface area contributed by atoms with Crippen LogP contribution in [0.4, 0.5) is 5.69 Å². The second kappa shape index (κ2) is 9.45. The highest BCUT2D eigenvalue weighted by Gasteiger charge is 2.15. The maximum atomic E-state index is 12.8. The number of allylic oxidation sites excluding steroid dienone is 1. The lowest BCUT2D eigenvalue weighted by Gasteiger charge is -2.12. The summed E-state index contributed by atoms with van der Waals surface area (Å²) < 4.78 is 12.8. The van der Waals surface area contributed by atoms with Crippen molar-refractivity contribution in [3.8, 4) is 11.5 Å². The lowest BCUT2D eigenvalue weighted by molar-refractivity contribution is -0.113. The molecule has 1 amide bonds. The van der Waals surface area contributed by atoms with Crippen molar-refractivity contribution in [2.75, 3.05) is 24.3 Å². The highest BCUT2D eigenvalue weighted by atomic mass is 35.5. The van der Waals surface area contributed by atoms with Crippen molar-refractivity contribution in [2.45, 2.75) is 18.1 Å². The summed E-state index contributed by atoms with van der Waals surface area (Å²) in [6.07, 6.45) is 2.43. The summed E-state index contributed by atoms with van der Waals surface area (Å²) in [5.41, 5.74) is 0.896. The smallest absolute Gasteiger partial charge is 0.262 e. The number of ether oxygens (including phenoxy) is 2. The van der Waals surface area contributed by atoms with E-state index in [1.807, 2.05) is 0 Å². The molecule has 0 saturated carbocycles. The molecule has 0 fully saturated rings. The standard InChI is InChI=1S/C22H20ClN3O4S/c1-2-8-26-21(28)16-6-4-14(23)11-17(16)25-22(26)31-13-20(27)24-15-5-7-18-19(12-15)30-10-3-9-29-18/h2,4-7,11-12H,1,3,8-10,13H2,(H,24,27). The van der Waals surface area contributed by atoms with E-state index in [4.69, 9.17) is 21.1 Å². The second-order valence-corrected chi connectivity index (χ2v) is 8.19. The molecule has 0 atom stereocenters. The van der Waals surface area contributed by atoms with E-state index in [-0.39, 0.29) is 23.8 Å². The van der Waals surface area contributed by atoms with Gasteiger partial charge in [-0.1, -0.05) is 29.4 Å². The first-order chi connectivity index (χ1) is 15.0. The van der Waals surface area contributed by atoms with Crippen molar-refractivity contribution in [3.63, 3.8) is 0 Å². The molecule has 0 bridgehead atoms. The third kappa shape index (κ3) is 4.86. The van der Waals surface area contributed by atoms with Gasteiger partial charge in [-0.05, 0) is 30.3 Å². The second-order valence-electron chi connectivity index (χ2n) is 6.81. The Morgan fingerprint density at radius 1 is 1.23 bits per heavy atom. The minimum Gasteiger partial charge on any atom is -0.490 e. The largest absolute Gasteiger partial charge is 0.490 e. The number of hydrogen-bond donors (Lipinski definition) is 1. The fourth-order valence-electron chi connectivity index (χ4n) is 3.14. The van der Waals surface area contributed by atoms with Crippen molar-refractivity contribution in [2.24, 2.45) is 0 Å². The van der Waals surface area contributed by atoms with Crippen LogP contribution in [0.25, 0.3) is 10.9 Å². The average Bonchev–Trinajstić information content (AvgIpc) is 2.99. The predicted molar refractivity (Wildman–Crippen MR) is 123 cm³/mol. The maximum Gasteiger partial charge on any atom is 0.262 e. The van der Waals surface area contributed by atoms with Gasteiger partial charge in [0.05, 0.1) is 29.9 Å². The monoisotopic (exact) mass is 457 g/mol. The third-order valence-corrected chi connectivity index (χ3v) is 5.77. The van der Waals surface area contributed by atoms with E-state index in [9.17, 15) is 9.59 Å². The van der Waals surface area contributed by atoms with Gasteiger partial charge in [0.25, 0.3) is 5.56 Å². The molecule has 3 aromatic rings. The van der Waals surface area contributed by atoms with Crippen molar-refractivity contribution >= 4 is 45.9 Å². The van der Waals surface area contributed by atoms with Gasteiger partial charge >= 0.3 is 0 Å². The number of anilines is 1. The zero-order valence-electron chi connectivity index (χ0n) is 16.6. The number of benzene rings is 2. The number of halogens is 1. The molecule has 0 aliphatic carbocycles. The van der Waals surface area contributed by atoms with Crippen LogP contribution in [0.5, 0.6) is 11.5 Å². The fraction of sp³-hybridized carbons (Fsp3) is 0.227. The minimum absolute atomic E-state index is 0.0735. The molecule has 31 heavy (non-hydrogen) atoms. The Morgan fingerprint density at radius 2 is 2.03 bits per heavy atom. The van der Waals surface area contributed by atoms with Crippen molar-refractivity contribution < 1.29 is 14.3 Å². The number of carbonyl (C=O) groups excluding carboxylic acids is 1. The summed E-state index contributed by atoms with van der Waals surface area (Å²) in [6.45, 7) is 5.17. The predicted octanol–water partition coefficient (Wildman–Crippen LogP) is 4.13. The normalized spacial score (nSPS) is 12.9. The van der Waals surface area contributed by atoms with Crippen molar-refractivity contribution in [1.29, 1.82) is 0 Å². The van der Waals surface area contributed by atoms with Crippen LogP contribution in [-0.4, -0.2) is 34.4 Å². The van der Waals surface area contributed by atoms with Gasteiger partial charge in [-0.3, -0.25) is 14.2 Å². The van der Waals surface area contributed by atoms with Crippen LogP contribution in [0, 0.1) is 0 Å². The van der Waals surface area contributed by atoms with Crippen LogP contribution < -0.4 is 20.3 Å². The number of aromatic nitrogens is 2. The molecule has 1 aliphatic rings. The van der Waals surface area contributed by atoms with Crippen LogP contribution in [0.3, 0.4) is 0 Å². The molecular weight excluding hydrogens is 438 g/mol. The number of amides is 1. The van der Waals surface area contributed by atoms with E-state index in [1.54, 1.807) is 42.5 Å². The number of carbonyl (C=O) groups is 1. The Labute approximate surface area is 188 Å². The van der Waals surface area contributed by atoms with Crippen LogP contribution in [-0.2, 0) is 11.3 Å². The molecule has 4 rings (SSSR count). The first kappa shape index (κ1) is 21.3. The molecule has 2 aromatic carbocycles. The van der Waals surface area contributed by atoms with E-state index in [0.717, 1.165) is 6.42 Å². The Bertz CT molecular complexity index is 1210. The van der Waals surface area contributed by atoms with Crippen molar-refractivity contribution in [3.05, 3.63) is 64.4 Å². The quantitative estimate of drug-likeness (QED) is 0.340. The number of rotatable bonds is 6. The van der Waals surface area contributed by atoms with Gasteiger partial charge in [-0.15, -0.1) is 6.58 Å². The molecule has 0 unspecified atom stereocenters. The number of nitrogens with zero attached hydrogens (tertiary/aromatic N) is 2. The van der Waals surface area contributed by atoms with Gasteiger partial charge in [0.1, 0.15) is 0 Å². The number of fused-ring (bicyclic) bond motifs is 2. The van der Waals surface area contributed by atoms with Gasteiger partial charge in [-0.25, -0.2) is 4.98 Å². The van der Waals surface area contributed by atoms with E-state index in [2.05, 4.69) is 16.9 Å². The molecule has 7 nitrogen and oxygen atoms in total. The zero-order valence-corrected chi connectivity index (χ0v) is 18.2. The lowest BCUT2D eigenvalue weighted by Crippen LogP contribution is -2.23. The van der Waals surface area contributed by atoms with Gasteiger partial charge < -0.3 is 14.8 Å². The Hall–Kier alpha value is -2.97. The van der Waals surface area contributed by atoms with E-state index < -0.39 is 0 Å². The van der Waals surface area contributed by atoms with Crippen LogP contribution in [0.2, 0.25) is 5.02 Å². The SMILES string of the molecule is C=CCn1c(SCC(=O)Nc2ccc3c(c2)OCCCO3)nc2cc(Cl)ccc2c1=O. The van der Waals surface area contributed by atoms with Crippen LogP contribution >= 0.6 is 23.4 Å². The highest BCUT2D eigenvalue weighted by Crippen LogP contribution is 2.32. The van der Waals surface area contributed by atoms with E-state index in [1.165, 1.54) is 16.3 Å². The number of hydrogen-bond acceptors (Lipinski definition) is 6. The van der Waals surface area contributed by atoms with Crippen LogP contribution in [0.15, 0.2) is 59.0 Å². The third-order valence-electron chi connectivity index (χ3n) is 4.56. The van der Waals surface area contributed by atoms with Gasteiger partial charge in [-0.2, -0.15) is 0 Å². The molecule has 1 aliphatic heterocycles. The molecule has 160 valence electrons. The minimum atomic E-state index is -0.231. The topological polar surface area (TPSA) is 82.5 Å². The van der Waals surface area contributed by atoms with E-state index >= 15 is 0 Å². The molecule has 9 heteroatoms. The molecule has 1 N–H and O–H groups in total. The lowest BCUT2D eigenvalue weighted by atomic mass is 10.2. The summed E-state index contributed by atoms with van der Waals surface area (Å²) in [7, 11) is 0. The first-order valence-electron chi connectivity index (χ1n) is 9.68. The zero-order chi connectivity index (χ0) is 21.8. The number of nitrogens with one attached hydrogen (secondary N) is 1. The van der Waals surface area contributed by atoms with Gasteiger partial charge in [0, 0.05) is 29.7 Å².